The fourth-order valence-corrected chi connectivity index (χ4v) is 6.39. The van der Waals surface area contributed by atoms with E-state index in [-0.39, 0.29) is 33.2 Å². The molecule has 18 nitrogen and oxygen atoms in total. The SMILES string of the molecule is Nc1ncnc2c1nc(SCC(=O)C(=O)CBr)n2[C@@H]1O[C@H](CO[P+](=O)OP(=O)(O)O[P+](=O)O)[C@@H](O)[C@H]1O. The smallest absolute Gasteiger partial charge is 0.387 e. The van der Waals surface area contributed by atoms with E-state index < -0.39 is 67.0 Å². The molecule has 0 radical (unpaired) electrons. The number of Topliss-reactive ketones (excluding diaryl/α,β-unsaturated/α-hetero) is 2. The standard InChI is InChI=1S/C14H15BrN5O13P3S/c15-1-5(21)6(22)3-37-14-19-8-11(16)17-4-18-12(8)20(14)13-10(24)9(23)7(31-13)2-30-35(27)33-36(28,29)32-34(25)26/h4,7,9-10,13,23-24H,1-3H2,(H2-2,16,17,18,25,26,28,29)/p+2/t7-,9-,10-,13-/m1/s1. The lowest BCUT2D eigenvalue weighted by atomic mass is 10.1. The third-order valence-corrected chi connectivity index (χ3v) is 9.08. The molecule has 7 atom stereocenters. The van der Waals surface area contributed by atoms with Gasteiger partial charge in [0.25, 0.3) is 0 Å². The fraction of sp³-hybridized carbons (Fsp3) is 0.500. The van der Waals surface area contributed by atoms with E-state index in [1.54, 1.807) is 0 Å². The summed E-state index contributed by atoms with van der Waals surface area (Å²) in [4.78, 5) is 53.4. The van der Waals surface area contributed by atoms with Crippen molar-refractivity contribution in [3.8, 4) is 0 Å². The van der Waals surface area contributed by atoms with Crippen molar-refractivity contribution in [2.45, 2.75) is 29.7 Å². The van der Waals surface area contributed by atoms with E-state index in [0.29, 0.717) is 0 Å². The third kappa shape index (κ3) is 7.39. The van der Waals surface area contributed by atoms with Crippen LogP contribution in [-0.2, 0) is 41.2 Å². The van der Waals surface area contributed by atoms with E-state index in [0.717, 1.165) is 18.1 Å². The van der Waals surface area contributed by atoms with Crippen LogP contribution in [0.15, 0.2) is 11.5 Å². The van der Waals surface area contributed by atoms with Crippen LogP contribution in [0.3, 0.4) is 0 Å². The molecule has 1 fully saturated rings. The number of imidazole rings is 1. The average molecular weight is 668 g/mol. The van der Waals surface area contributed by atoms with Crippen LogP contribution in [-0.4, -0.2) is 87.1 Å². The first-order valence-electron chi connectivity index (χ1n) is 9.58. The Morgan fingerprint density at radius 3 is 2.59 bits per heavy atom. The Hall–Kier alpha value is -1.37. The van der Waals surface area contributed by atoms with E-state index in [4.69, 9.17) is 19.9 Å². The van der Waals surface area contributed by atoms with Gasteiger partial charge in [-0.2, -0.15) is 0 Å². The van der Waals surface area contributed by atoms with Crippen molar-refractivity contribution in [1.29, 1.82) is 0 Å². The van der Waals surface area contributed by atoms with Gasteiger partial charge in [0.15, 0.2) is 28.4 Å². The molecule has 3 rings (SSSR count). The highest BCUT2D eigenvalue weighted by Crippen LogP contribution is 2.57. The van der Waals surface area contributed by atoms with Gasteiger partial charge >= 0.3 is 24.3 Å². The number of hydrogen-bond acceptors (Lipinski definition) is 16. The van der Waals surface area contributed by atoms with Gasteiger partial charge in [0.1, 0.15) is 31.2 Å². The number of nitrogens with zero attached hydrogens (tertiary/aromatic N) is 4. The van der Waals surface area contributed by atoms with Gasteiger partial charge in [0.05, 0.1) is 11.1 Å². The summed E-state index contributed by atoms with van der Waals surface area (Å²) in [7, 11) is -12.2. The molecule has 0 aliphatic carbocycles. The quantitative estimate of drug-likeness (QED) is 0.0820. The summed E-state index contributed by atoms with van der Waals surface area (Å²) < 4.78 is 53.0. The van der Waals surface area contributed by atoms with Gasteiger partial charge in [-0.1, -0.05) is 27.7 Å². The lowest BCUT2D eigenvalue weighted by Gasteiger charge is -2.18. The Balaban J connectivity index is 1.80. The number of hydrogen-bond donors (Lipinski definition) is 5. The minimum atomic E-state index is -5.20. The van der Waals surface area contributed by atoms with E-state index in [1.165, 1.54) is 4.57 Å². The molecule has 0 bridgehead atoms. The Morgan fingerprint density at radius 2 is 1.95 bits per heavy atom. The molecule has 1 saturated heterocycles. The number of anilines is 1. The normalized spacial score (nSPS) is 24.1. The molecule has 23 heteroatoms. The zero-order valence-electron chi connectivity index (χ0n) is 18.0. The number of nitrogen functional groups attached to an aromatic ring is 1. The van der Waals surface area contributed by atoms with Crippen LogP contribution in [0, 0.1) is 0 Å². The maximum Gasteiger partial charge on any atom is 0.708 e. The number of nitrogens with two attached hydrogens (primary N) is 1. The number of ether oxygens (including phenoxy) is 1. The Labute approximate surface area is 220 Å². The highest BCUT2D eigenvalue weighted by Gasteiger charge is 2.49. The summed E-state index contributed by atoms with van der Waals surface area (Å²) in [6, 6.07) is 0. The largest absolute Gasteiger partial charge is 0.708 e. The summed E-state index contributed by atoms with van der Waals surface area (Å²) in [6.45, 7) is -0.750. The van der Waals surface area contributed by atoms with Crippen LogP contribution >= 0.6 is 52.0 Å². The number of thioether (sulfide) groups is 1. The summed E-state index contributed by atoms with van der Waals surface area (Å²) in [6.07, 6.45) is -5.02. The van der Waals surface area contributed by atoms with Crippen LogP contribution < -0.4 is 5.73 Å². The van der Waals surface area contributed by atoms with Crippen LogP contribution in [0.2, 0.25) is 0 Å². The Bertz CT molecular complexity index is 1280. The first kappa shape index (κ1) is 30.2. The number of halogens is 1. The Kier molecular flexibility index (Phi) is 10.3. The molecule has 3 heterocycles. The van der Waals surface area contributed by atoms with E-state index in [1.807, 2.05) is 0 Å². The van der Waals surface area contributed by atoms with Crippen LogP contribution in [0.5, 0.6) is 0 Å². The summed E-state index contributed by atoms with van der Waals surface area (Å²) in [5, 5.41) is 20.9. The van der Waals surface area contributed by atoms with Crippen LogP contribution in [0.1, 0.15) is 6.23 Å². The summed E-state index contributed by atoms with van der Waals surface area (Å²) in [5.41, 5.74) is 5.97. The lowest BCUT2D eigenvalue weighted by Crippen LogP contribution is -2.33. The number of alkyl halides is 1. The van der Waals surface area contributed by atoms with Gasteiger partial charge in [-0.15, -0.1) is 9.42 Å². The van der Waals surface area contributed by atoms with Crippen molar-refractivity contribution >= 4 is 80.6 Å². The zero-order valence-corrected chi connectivity index (χ0v) is 23.1. The molecule has 0 aromatic carbocycles. The van der Waals surface area contributed by atoms with Gasteiger partial charge in [0.2, 0.25) is 11.6 Å². The van der Waals surface area contributed by atoms with E-state index >= 15 is 0 Å². The molecule has 3 unspecified atom stereocenters. The number of ketones is 2. The van der Waals surface area contributed by atoms with Crippen molar-refractivity contribution in [3.05, 3.63) is 6.33 Å². The third-order valence-electron chi connectivity index (χ3n) is 4.52. The van der Waals surface area contributed by atoms with E-state index in [2.05, 4.69) is 39.5 Å². The molecule has 2 aromatic rings. The van der Waals surface area contributed by atoms with Crippen molar-refractivity contribution in [1.82, 2.24) is 19.5 Å². The molecule has 2 aromatic heterocycles. The molecular formula is C14H17BrN5O13P3S+2. The Morgan fingerprint density at radius 1 is 1.24 bits per heavy atom. The second-order valence-corrected chi connectivity index (χ2v) is 11.8. The van der Waals surface area contributed by atoms with Crippen LogP contribution in [0.4, 0.5) is 5.82 Å². The van der Waals surface area contributed by atoms with Gasteiger partial charge in [-0.25, -0.2) is 19.5 Å². The number of aromatic nitrogens is 4. The second-order valence-electron chi connectivity index (χ2n) is 6.90. The molecule has 202 valence electrons. The zero-order chi connectivity index (χ0) is 27.5. The predicted molar refractivity (Wildman–Crippen MR) is 126 cm³/mol. The number of rotatable bonds is 13. The van der Waals surface area contributed by atoms with Crippen molar-refractivity contribution in [2.24, 2.45) is 0 Å². The molecule has 6 N–H and O–H groups in total. The highest BCUT2D eigenvalue weighted by atomic mass is 79.9. The number of fused-ring (bicyclic) bond motifs is 1. The first-order valence-corrected chi connectivity index (χ1v) is 15.4. The van der Waals surface area contributed by atoms with Crippen molar-refractivity contribution in [3.63, 3.8) is 0 Å². The molecule has 1 aliphatic heterocycles. The molecule has 37 heavy (non-hydrogen) atoms. The molecule has 0 amide bonds. The first-order chi connectivity index (χ1) is 17.3. The fourth-order valence-electron chi connectivity index (χ4n) is 2.95. The maximum absolute atomic E-state index is 12.0. The number of aliphatic hydroxyl groups excluding tert-OH is 2. The topological polar surface area (TPSA) is 273 Å². The minimum Gasteiger partial charge on any atom is -0.387 e. The summed E-state index contributed by atoms with van der Waals surface area (Å²) >= 11 is 3.70. The number of carbonyl (C=O) groups excluding carboxylic acids is 2. The maximum atomic E-state index is 12.0. The monoisotopic (exact) mass is 667 g/mol. The lowest BCUT2D eigenvalue weighted by molar-refractivity contribution is -0.133. The highest BCUT2D eigenvalue weighted by molar-refractivity contribution is 9.09. The van der Waals surface area contributed by atoms with Gasteiger partial charge in [-0.3, -0.25) is 19.0 Å². The summed E-state index contributed by atoms with van der Waals surface area (Å²) in [5.74, 6) is -1.78. The van der Waals surface area contributed by atoms with Crippen molar-refractivity contribution < 1.29 is 61.2 Å². The minimum absolute atomic E-state index is 0.0293. The van der Waals surface area contributed by atoms with Gasteiger partial charge in [0, 0.05) is 17.8 Å². The van der Waals surface area contributed by atoms with Gasteiger partial charge < -0.3 is 20.7 Å². The second kappa shape index (κ2) is 12.7. The molecule has 0 spiro atoms. The number of carbonyl (C=O) groups is 2. The predicted octanol–water partition coefficient (Wildman–Crippen LogP) is 0.110. The van der Waals surface area contributed by atoms with Crippen LogP contribution in [0.25, 0.3) is 11.2 Å². The molecule has 0 saturated carbocycles. The number of phosphoric acid groups is 1. The van der Waals surface area contributed by atoms with Crippen molar-refractivity contribution in [2.75, 3.05) is 23.4 Å². The molecular weight excluding hydrogens is 651 g/mol. The van der Waals surface area contributed by atoms with Gasteiger partial charge in [-0.05, 0) is 0 Å². The average Bonchev–Trinajstić information content (AvgIpc) is 3.32. The molecule has 1 aliphatic rings. The van der Waals surface area contributed by atoms with E-state index in [9.17, 15) is 38.4 Å². The number of aliphatic hydroxyl groups is 2.